The van der Waals surface area contributed by atoms with Gasteiger partial charge >= 0.3 is 0 Å². The summed E-state index contributed by atoms with van der Waals surface area (Å²) >= 11 is 0. The summed E-state index contributed by atoms with van der Waals surface area (Å²) in [5.41, 5.74) is 4.13. The van der Waals surface area contributed by atoms with Gasteiger partial charge in [0.05, 0.1) is 11.1 Å². The molecule has 4 heteroatoms. The number of ketones is 1. The highest BCUT2D eigenvalue weighted by molar-refractivity contribution is 6.15. The van der Waals surface area contributed by atoms with Crippen molar-refractivity contribution in [3.8, 4) is 11.5 Å². The second-order valence-electron chi connectivity index (χ2n) is 7.94. The van der Waals surface area contributed by atoms with Crippen LogP contribution in [0.3, 0.4) is 0 Å². The van der Waals surface area contributed by atoms with Crippen LogP contribution in [0, 0.1) is 13.8 Å². The van der Waals surface area contributed by atoms with Gasteiger partial charge in [0.15, 0.2) is 5.76 Å². The summed E-state index contributed by atoms with van der Waals surface area (Å²) in [6, 6.07) is 9.67. The van der Waals surface area contributed by atoms with E-state index < -0.39 is 0 Å². The Morgan fingerprint density at radius 1 is 1.11 bits per heavy atom. The van der Waals surface area contributed by atoms with Gasteiger partial charge in [0.1, 0.15) is 11.5 Å². The number of carbonyl (C=O) groups is 1. The quantitative estimate of drug-likeness (QED) is 0.765. The van der Waals surface area contributed by atoms with Crippen molar-refractivity contribution in [2.75, 3.05) is 13.1 Å². The topological polar surface area (TPSA) is 49.8 Å². The summed E-state index contributed by atoms with van der Waals surface area (Å²) in [6.07, 6.45) is 6.65. The van der Waals surface area contributed by atoms with Gasteiger partial charge in [-0.25, -0.2) is 0 Å². The number of phenols is 1. The first-order chi connectivity index (χ1) is 13.5. The number of hydrogen-bond donors (Lipinski definition) is 1. The predicted octanol–water partition coefficient (Wildman–Crippen LogP) is 5.00. The van der Waals surface area contributed by atoms with Gasteiger partial charge in [-0.15, -0.1) is 0 Å². The van der Waals surface area contributed by atoms with Crippen molar-refractivity contribution in [3.63, 3.8) is 0 Å². The lowest BCUT2D eigenvalue weighted by molar-refractivity contribution is 0.101. The van der Waals surface area contributed by atoms with Gasteiger partial charge in [-0.05, 0) is 63.0 Å². The van der Waals surface area contributed by atoms with Crippen molar-refractivity contribution < 1.29 is 14.6 Å². The van der Waals surface area contributed by atoms with Crippen molar-refractivity contribution in [1.82, 2.24) is 4.90 Å². The van der Waals surface area contributed by atoms with Crippen LogP contribution >= 0.6 is 0 Å². The number of likely N-dealkylation sites (tertiary alicyclic amines) is 1. The third-order valence-electron chi connectivity index (χ3n) is 5.64. The standard InChI is InChI=1S/C24H27NO3/c1-16-8-7-9-18(12-16)14-21-23(27)22-17(2)13-20(26)19(24(22)28-21)15-25-10-5-3-4-6-11-25/h7-9,12-14,26H,3-6,10-11,15H2,1-2H3/b21-14-. The predicted molar refractivity (Wildman–Crippen MR) is 111 cm³/mol. The van der Waals surface area contributed by atoms with Crippen LogP contribution in [-0.2, 0) is 6.54 Å². The minimum atomic E-state index is -0.105. The molecule has 0 aliphatic carbocycles. The van der Waals surface area contributed by atoms with Crippen molar-refractivity contribution in [2.45, 2.75) is 46.1 Å². The molecule has 0 aromatic heterocycles. The van der Waals surface area contributed by atoms with E-state index in [-0.39, 0.29) is 11.5 Å². The molecule has 28 heavy (non-hydrogen) atoms. The van der Waals surface area contributed by atoms with Crippen molar-refractivity contribution in [1.29, 1.82) is 0 Å². The lowest BCUT2D eigenvalue weighted by Crippen LogP contribution is -2.24. The number of aromatic hydroxyl groups is 1. The van der Waals surface area contributed by atoms with Crippen LogP contribution in [0.1, 0.15) is 58.3 Å². The van der Waals surface area contributed by atoms with E-state index in [0.717, 1.165) is 35.3 Å². The third kappa shape index (κ3) is 3.69. The highest BCUT2D eigenvalue weighted by Crippen LogP contribution is 2.42. The number of hydrogen-bond acceptors (Lipinski definition) is 4. The van der Waals surface area contributed by atoms with Crippen LogP contribution in [-0.4, -0.2) is 28.9 Å². The van der Waals surface area contributed by atoms with Gasteiger partial charge in [0.25, 0.3) is 0 Å². The Labute approximate surface area is 166 Å². The molecule has 1 saturated heterocycles. The van der Waals surface area contributed by atoms with E-state index in [1.807, 2.05) is 38.1 Å². The monoisotopic (exact) mass is 377 g/mol. The van der Waals surface area contributed by atoms with E-state index in [1.165, 1.54) is 25.7 Å². The van der Waals surface area contributed by atoms with Crippen LogP contribution in [0.2, 0.25) is 0 Å². The lowest BCUT2D eigenvalue weighted by Gasteiger charge is -2.22. The van der Waals surface area contributed by atoms with Crippen molar-refractivity contribution in [2.24, 2.45) is 0 Å². The largest absolute Gasteiger partial charge is 0.507 e. The van der Waals surface area contributed by atoms with E-state index in [2.05, 4.69) is 4.90 Å². The molecule has 0 unspecified atom stereocenters. The molecule has 146 valence electrons. The molecule has 0 spiro atoms. The zero-order valence-corrected chi connectivity index (χ0v) is 16.6. The Morgan fingerprint density at radius 2 is 1.86 bits per heavy atom. The summed E-state index contributed by atoms with van der Waals surface area (Å²) in [6.45, 7) is 6.52. The summed E-state index contributed by atoms with van der Waals surface area (Å²) < 4.78 is 6.05. The number of ether oxygens (including phenoxy) is 1. The molecule has 4 nitrogen and oxygen atoms in total. The molecule has 0 atom stereocenters. The van der Waals surface area contributed by atoms with Crippen LogP contribution in [0.25, 0.3) is 6.08 Å². The van der Waals surface area contributed by atoms with E-state index in [4.69, 9.17) is 4.74 Å². The second kappa shape index (κ2) is 7.80. The number of Topliss-reactive ketones (excluding diaryl/α,β-unsaturated/α-hetero) is 1. The summed E-state index contributed by atoms with van der Waals surface area (Å²) in [4.78, 5) is 15.4. The van der Waals surface area contributed by atoms with Gasteiger partial charge in [0, 0.05) is 6.54 Å². The van der Waals surface area contributed by atoms with E-state index in [0.29, 0.717) is 23.6 Å². The van der Waals surface area contributed by atoms with Gasteiger partial charge < -0.3 is 9.84 Å². The number of rotatable bonds is 3. The minimum Gasteiger partial charge on any atom is -0.507 e. The molecule has 2 heterocycles. The number of fused-ring (bicyclic) bond motifs is 1. The fraction of sp³-hybridized carbons (Fsp3) is 0.375. The number of carbonyl (C=O) groups excluding carboxylic acids is 1. The number of aryl methyl sites for hydroxylation is 2. The number of allylic oxidation sites excluding steroid dienone is 1. The average Bonchev–Trinajstić information content (AvgIpc) is 2.83. The maximum atomic E-state index is 13.0. The Hall–Kier alpha value is -2.59. The normalized spacial score (nSPS) is 18.8. The third-order valence-corrected chi connectivity index (χ3v) is 5.64. The van der Waals surface area contributed by atoms with Crippen LogP contribution in [0.15, 0.2) is 36.1 Å². The Kier molecular flexibility index (Phi) is 5.23. The molecule has 1 N–H and O–H groups in total. The molecule has 0 bridgehead atoms. The highest BCUT2D eigenvalue weighted by Gasteiger charge is 2.33. The zero-order valence-electron chi connectivity index (χ0n) is 16.6. The molecule has 2 aliphatic rings. The van der Waals surface area contributed by atoms with Gasteiger partial charge in [-0.3, -0.25) is 9.69 Å². The van der Waals surface area contributed by atoms with Crippen molar-refractivity contribution in [3.05, 3.63) is 63.9 Å². The molecular formula is C24H27NO3. The molecule has 0 radical (unpaired) electrons. The maximum Gasteiger partial charge on any atom is 0.232 e. The molecule has 2 aromatic rings. The number of nitrogens with zero attached hydrogens (tertiary/aromatic N) is 1. The first kappa shape index (κ1) is 18.8. The van der Waals surface area contributed by atoms with E-state index >= 15 is 0 Å². The van der Waals surface area contributed by atoms with Gasteiger partial charge in [0.2, 0.25) is 5.78 Å². The maximum absolute atomic E-state index is 13.0. The fourth-order valence-electron chi connectivity index (χ4n) is 4.16. The van der Waals surface area contributed by atoms with Crippen molar-refractivity contribution >= 4 is 11.9 Å². The molecule has 1 fully saturated rings. The van der Waals surface area contributed by atoms with Gasteiger partial charge in [-0.2, -0.15) is 0 Å². The van der Waals surface area contributed by atoms with Crippen LogP contribution in [0.4, 0.5) is 0 Å². The summed E-state index contributed by atoms with van der Waals surface area (Å²) in [5, 5.41) is 10.6. The zero-order chi connectivity index (χ0) is 19.7. The number of phenolic OH excluding ortho intramolecular Hbond substituents is 1. The first-order valence-electron chi connectivity index (χ1n) is 10.1. The van der Waals surface area contributed by atoms with Crippen LogP contribution in [0.5, 0.6) is 11.5 Å². The lowest BCUT2D eigenvalue weighted by atomic mass is 9.99. The Morgan fingerprint density at radius 3 is 2.57 bits per heavy atom. The summed E-state index contributed by atoms with van der Waals surface area (Å²) in [5.74, 6) is 0.966. The summed E-state index contributed by atoms with van der Waals surface area (Å²) in [7, 11) is 0. The Bertz CT molecular complexity index is 937. The molecule has 0 saturated carbocycles. The molecule has 2 aromatic carbocycles. The SMILES string of the molecule is Cc1cccc(/C=C2\Oc3c(CN4CCCCCC4)c(O)cc(C)c3C2=O)c1. The Balaban J connectivity index is 1.69. The fourth-order valence-corrected chi connectivity index (χ4v) is 4.16. The molecule has 0 amide bonds. The molecule has 2 aliphatic heterocycles. The molecule has 4 rings (SSSR count). The smallest absolute Gasteiger partial charge is 0.232 e. The van der Waals surface area contributed by atoms with E-state index in [1.54, 1.807) is 12.1 Å². The average molecular weight is 377 g/mol. The number of benzene rings is 2. The van der Waals surface area contributed by atoms with Crippen LogP contribution < -0.4 is 4.74 Å². The minimum absolute atomic E-state index is 0.105. The van der Waals surface area contributed by atoms with E-state index in [9.17, 15) is 9.90 Å². The highest BCUT2D eigenvalue weighted by atomic mass is 16.5. The second-order valence-corrected chi connectivity index (χ2v) is 7.94. The molecular weight excluding hydrogens is 350 g/mol. The first-order valence-corrected chi connectivity index (χ1v) is 10.1. The van der Waals surface area contributed by atoms with Gasteiger partial charge in [-0.1, -0.05) is 42.7 Å².